The van der Waals surface area contributed by atoms with Crippen LogP contribution in [0.5, 0.6) is 0 Å². The molecule has 1 aliphatic heterocycles. The number of methoxy groups -OCH3 is 1. The molecule has 0 aliphatic carbocycles. The molecule has 1 amide bonds. The van der Waals surface area contributed by atoms with E-state index in [1.807, 2.05) is 0 Å². The van der Waals surface area contributed by atoms with Crippen molar-refractivity contribution < 1.29 is 22.7 Å². The van der Waals surface area contributed by atoms with Gasteiger partial charge in [0.1, 0.15) is 5.60 Å². The Bertz CT molecular complexity index is 526. The molecule has 0 aromatic heterocycles. The molecule has 0 atom stereocenters. The first-order chi connectivity index (χ1) is 10.3. The summed E-state index contributed by atoms with van der Waals surface area (Å²) in [5.41, 5.74) is -0.463. The van der Waals surface area contributed by atoms with Gasteiger partial charge in [0.15, 0.2) is 0 Å². The molecule has 4 nitrogen and oxygen atoms in total. The lowest BCUT2D eigenvalue weighted by Gasteiger charge is -2.34. The molecule has 0 unspecified atom stereocenters. The van der Waals surface area contributed by atoms with E-state index < -0.39 is 18.2 Å². The normalized spacial score (nSPS) is 18.0. The van der Waals surface area contributed by atoms with Gasteiger partial charge in [-0.15, -0.1) is 0 Å². The van der Waals surface area contributed by atoms with Crippen molar-refractivity contribution in [1.29, 1.82) is 0 Å². The van der Waals surface area contributed by atoms with E-state index in [0.717, 1.165) is 0 Å². The van der Waals surface area contributed by atoms with Gasteiger partial charge in [-0.1, -0.05) is 12.1 Å². The predicted molar refractivity (Wildman–Crippen MR) is 76.7 cm³/mol. The van der Waals surface area contributed by atoms with E-state index in [4.69, 9.17) is 4.74 Å². The van der Waals surface area contributed by atoms with Crippen LogP contribution < -0.4 is 10.6 Å². The Hall–Kier alpha value is -1.60. The van der Waals surface area contributed by atoms with Crippen LogP contribution in [0.25, 0.3) is 0 Å². The minimum absolute atomic E-state index is 0.113. The van der Waals surface area contributed by atoms with Gasteiger partial charge in [-0.3, -0.25) is 4.79 Å². The number of hydrogen-bond donors (Lipinski definition) is 2. The highest BCUT2D eigenvalue weighted by Gasteiger charge is 2.39. The van der Waals surface area contributed by atoms with E-state index >= 15 is 0 Å². The number of carbonyl (C=O) groups excluding carboxylic acids is 1. The average Bonchev–Trinajstić information content (AvgIpc) is 2.46. The number of nitrogens with one attached hydrogen (secondary N) is 2. The third kappa shape index (κ3) is 4.20. The minimum atomic E-state index is -4.27. The fraction of sp³-hybridized carbons (Fsp3) is 0.533. The summed E-state index contributed by atoms with van der Waals surface area (Å²) in [5.74, 6) is -0.319. The van der Waals surface area contributed by atoms with E-state index in [9.17, 15) is 18.0 Å². The van der Waals surface area contributed by atoms with Crippen LogP contribution in [0.15, 0.2) is 24.3 Å². The van der Waals surface area contributed by atoms with Crippen molar-refractivity contribution in [2.24, 2.45) is 0 Å². The fourth-order valence-electron chi connectivity index (χ4n) is 2.59. The Morgan fingerprint density at radius 2 is 2.05 bits per heavy atom. The maximum Gasteiger partial charge on any atom is 0.393 e. The Labute approximate surface area is 127 Å². The van der Waals surface area contributed by atoms with E-state index in [1.165, 1.54) is 25.3 Å². The molecule has 1 fully saturated rings. The van der Waals surface area contributed by atoms with Crippen LogP contribution in [-0.2, 0) is 16.0 Å². The first-order valence-corrected chi connectivity index (χ1v) is 7.08. The zero-order valence-electron chi connectivity index (χ0n) is 12.3. The monoisotopic (exact) mass is 316 g/mol. The first-order valence-electron chi connectivity index (χ1n) is 7.08. The number of anilines is 1. The summed E-state index contributed by atoms with van der Waals surface area (Å²) in [6.07, 6.45) is -4.24. The van der Waals surface area contributed by atoms with Crippen LogP contribution in [0, 0.1) is 0 Å². The van der Waals surface area contributed by atoms with Gasteiger partial charge >= 0.3 is 6.18 Å². The van der Waals surface area contributed by atoms with Crippen LogP contribution in [-0.4, -0.2) is 37.9 Å². The van der Waals surface area contributed by atoms with Crippen molar-refractivity contribution >= 4 is 11.6 Å². The van der Waals surface area contributed by atoms with Crippen LogP contribution in [0.2, 0.25) is 0 Å². The van der Waals surface area contributed by atoms with Gasteiger partial charge in [-0.05, 0) is 43.6 Å². The van der Waals surface area contributed by atoms with Crippen LogP contribution in [0.4, 0.5) is 18.9 Å². The third-order valence-corrected chi connectivity index (χ3v) is 3.81. The molecule has 122 valence electrons. The van der Waals surface area contributed by atoms with Gasteiger partial charge in [0.05, 0.1) is 6.42 Å². The van der Waals surface area contributed by atoms with Crippen molar-refractivity contribution in [3.05, 3.63) is 29.8 Å². The van der Waals surface area contributed by atoms with Crippen LogP contribution in [0.1, 0.15) is 18.4 Å². The molecule has 1 aliphatic rings. The molecular formula is C15H19F3N2O2. The summed E-state index contributed by atoms with van der Waals surface area (Å²) in [6, 6.07) is 5.80. The molecule has 2 N–H and O–H groups in total. The smallest absolute Gasteiger partial charge is 0.368 e. The number of ether oxygens (including phenoxy) is 1. The van der Waals surface area contributed by atoms with Crippen molar-refractivity contribution in [1.82, 2.24) is 5.32 Å². The van der Waals surface area contributed by atoms with Gasteiger partial charge in [-0.25, -0.2) is 0 Å². The number of amides is 1. The van der Waals surface area contributed by atoms with E-state index in [-0.39, 0.29) is 11.5 Å². The van der Waals surface area contributed by atoms with Crippen molar-refractivity contribution in [3.63, 3.8) is 0 Å². The van der Waals surface area contributed by atoms with Crippen LogP contribution in [0.3, 0.4) is 0 Å². The molecule has 1 heterocycles. The molecule has 1 aromatic carbocycles. The number of carbonyl (C=O) groups is 1. The van der Waals surface area contributed by atoms with Gasteiger partial charge in [0, 0.05) is 12.8 Å². The second kappa shape index (κ2) is 6.66. The van der Waals surface area contributed by atoms with Gasteiger partial charge in [-0.2, -0.15) is 13.2 Å². The third-order valence-electron chi connectivity index (χ3n) is 3.81. The molecular weight excluding hydrogens is 297 g/mol. The number of halogens is 3. The Morgan fingerprint density at radius 1 is 1.36 bits per heavy atom. The van der Waals surface area contributed by atoms with E-state index in [2.05, 4.69) is 10.6 Å². The highest BCUT2D eigenvalue weighted by Crippen LogP contribution is 2.26. The summed E-state index contributed by atoms with van der Waals surface area (Å²) < 4.78 is 42.7. The second-order valence-corrected chi connectivity index (χ2v) is 5.39. The zero-order valence-corrected chi connectivity index (χ0v) is 12.3. The molecule has 0 spiro atoms. The maximum atomic E-state index is 12.4. The first kappa shape index (κ1) is 16.8. The highest BCUT2D eigenvalue weighted by atomic mass is 19.4. The van der Waals surface area contributed by atoms with Crippen LogP contribution >= 0.6 is 0 Å². The molecule has 0 saturated carbocycles. The Kier molecular flexibility index (Phi) is 5.08. The number of hydrogen-bond acceptors (Lipinski definition) is 3. The van der Waals surface area contributed by atoms with Crippen molar-refractivity contribution in [3.8, 4) is 0 Å². The predicted octanol–water partition coefficient (Wildman–Crippen LogP) is 2.50. The minimum Gasteiger partial charge on any atom is -0.368 e. The van der Waals surface area contributed by atoms with Gasteiger partial charge in [0.25, 0.3) is 5.91 Å². The number of benzene rings is 1. The topological polar surface area (TPSA) is 50.4 Å². The molecule has 0 bridgehead atoms. The molecule has 1 aromatic rings. The van der Waals surface area contributed by atoms with Gasteiger partial charge in [0.2, 0.25) is 0 Å². The maximum absolute atomic E-state index is 12.4. The zero-order chi connectivity index (χ0) is 16.2. The van der Waals surface area contributed by atoms with Gasteiger partial charge < -0.3 is 15.4 Å². The summed E-state index contributed by atoms with van der Waals surface area (Å²) in [4.78, 5) is 12.4. The largest absolute Gasteiger partial charge is 0.393 e. The summed E-state index contributed by atoms with van der Waals surface area (Å²) in [7, 11) is 1.48. The molecule has 2 rings (SSSR count). The number of rotatable bonds is 4. The summed E-state index contributed by atoms with van der Waals surface area (Å²) in [6.45, 7) is 1.32. The van der Waals surface area contributed by atoms with Crippen molar-refractivity contribution in [2.75, 3.05) is 25.5 Å². The second-order valence-electron chi connectivity index (χ2n) is 5.39. The van der Waals surface area contributed by atoms with E-state index in [0.29, 0.717) is 31.6 Å². The molecule has 7 heteroatoms. The quantitative estimate of drug-likeness (QED) is 0.897. The molecule has 1 saturated heterocycles. The Morgan fingerprint density at radius 3 is 2.64 bits per heavy atom. The lowest BCUT2D eigenvalue weighted by atomic mass is 9.91. The fourth-order valence-corrected chi connectivity index (χ4v) is 2.59. The SMILES string of the molecule is COC1(C(=O)Nc2cccc(CC(F)(F)F)c2)CCNCC1. The average molecular weight is 316 g/mol. The lowest BCUT2D eigenvalue weighted by Crippen LogP contribution is -2.51. The molecule has 0 radical (unpaired) electrons. The van der Waals surface area contributed by atoms with Crippen molar-refractivity contribution in [2.45, 2.75) is 31.0 Å². The highest BCUT2D eigenvalue weighted by molar-refractivity contribution is 5.97. The summed E-state index contributed by atoms with van der Waals surface area (Å²) >= 11 is 0. The number of piperidine rings is 1. The standard InChI is InChI=1S/C15H19F3N2O2/c1-22-14(5-7-19-8-6-14)13(21)20-12-4-2-3-11(9-12)10-15(16,17)18/h2-4,9,19H,5-8,10H2,1H3,(H,20,21). The molecule has 22 heavy (non-hydrogen) atoms. The van der Waals surface area contributed by atoms with E-state index in [1.54, 1.807) is 6.07 Å². The number of alkyl halides is 3. The Balaban J connectivity index is 2.09. The lowest BCUT2D eigenvalue weighted by molar-refractivity contribution is -0.140. The summed E-state index contributed by atoms with van der Waals surface area (Å²) in [5, 5.41) is 5.81.